The molecule has 0 amide bonds. The molecule has 1 aliphatic carbocycles. The van der Waals surface area contributed by atoms with E-state index >= 15 is 0 Å². The van der Waals surface area contributed by atoms with Crippen LogP contribution in [0.3, 0.4) is 0 Å². The molecule has 0 fully saturated rings. The van der Waals surface area contributed by atoms with Crippen LogP contribution in [0.25, 0.3) is 10.9 Å². The van der Waals surface area contributed by atoms with Crippen molar-refractivity contribution in [3.63, 3.8) is 0 Å². The van der Waals surface area contributed by atoms with Gasteiger partial charge in [0.15, 0.2) is 11.9 Å². The highest BCUT2D eigenvalue weighted by Crippen LogP contribution is 2.35. The maximum Gasteiger partial charge on any atom is 0.573 e. The van der Waals surface area contributed by atoms with Crippen LogP contribution in [-0.2, 0) is 16.0 Å². The van der Waals surface area contributed by atoms with Crippen molar-refractivity contribution >= 4 is 22.8 Å². The molecule has 40 heavy (non-hydrogen) atoms. The average Bonchev–Trinajstić information content (AvgIpc) is 3.14. The Morgan fingerprint density at radius 3 is 2.62 bits per heavy atom. The first-order chi connectivity index (χ1) is 19.0. The Bertz CT molecular complexity index is 1590. The number of hydrogen-bond acceptors (Lipinski definition) is 5. The Morgan fingerprint density at radius 1 is 1.18 bits per heavy atom. The van der Waals surface area contributed by atoms with Gasteiger partial charge in [-0.1, -0.05) is 30.0 Å². The molecule has 1 aromatic heterocycles. The molecule has 0 bridgehead atoms. The molecule has 0 spiro atoms. The SMILES string of the molecule is COC1=C=C/C=C(/C(=O)n2c(C)c(Cc3ccccc3OC(C)C(=O)O)c3cc(OC(F)(F)F)ccc32)C/C=C\1. The summed E-state index contributed by atoms with van der Waals surface area (Å²) in [6, 6.07) is 10.6. The number of fused-ring (bicyclic) bond motifs is 1. The number of aromatic nitrogens is 1. The van der Waals surface area contributed by atoms with E-state index in [1.54, 1.807) is 55.5 Å². The normalized spacial score (nSPS) is 16.2. The van der Waals surface area contributed by atoms with Gasteiger partial charge in [0.2, 0.25) is 0 Å². The number of hydrogen-bond donors (Lipinski definition) is 1. The molecule has 1 heterocycles. The van der Waals surface area contributed by atoms with E-state index in [2.05, 4.69) is 10.5 Å². The van der Waals surface area contributed by atoms with Gasteiger partial charge in [-0.15, -0.1) is 13.2 Å². The van der Waals surface area contributed by atoms with Crippen LogP contribution in [0.4, 0.5) is 13.2 Å². The third-order valence-electron chi connectivity index (χ3n) is 6.35. The van der Waals surface area contributed by atoms with E-state index in [9.17, 15) is 27.9 Å². The first-order valence-corrected chi connectivity index (χ1v) is 12.3. The van der Waals surface area contributed by atoms with Crippen LogP contribution >= 0.6 is 0 Å². The van der Waals surface area contributed by atoms with Crippen molar-refractivity contribution in [3.05, 3.63) is 101 Å². The number of carbonyl (C=O) groups excluding carboxylic acids is 1. The summed E-state index contributed by atoms with van der Waals surface area (Å²) in [6.45, 7) is 3.10. The number of aliphatic carboxylic acids is 1. The number of carbonyl (C=O) groups is 2. The number of rotatable bonds is 8. The first-order valence-electron chi connectivity index (χ1n) is 12.3. The summed E-state index contributed by atoms with van der Waals surface area (Å²) >= 11 is 0. The maximum absolute atomic E-state index is 13.8. The molecule has 0 aliphatic heterocycles. The monoisotopic (exact) mass is 553 g/mol. The van der Waals surface area contributed by atoms with E-state index in [-0.39, 0.29) is 18.7 Å². The van der Waals surface area contributed by atoms with Gasteiger partial charge >= 0.3 is 12.3 Å². The zero-order chi connectivity index (χ0) is 29.0. The Labute approximate surface area is 228 Å². The average molecular weight is 554 g/mol. The molecule has 10 heteroatoms. The van der Waals surface area contributed by atoms with Crippen molar-refractivity contribution in [1.82, 2.24) is 4.57 Å². The van der Waals surface area contributed by atoms with Gasteiger partial charge in [0.05, 0.1) is 12.6 Å². The summed E-state index contributed by atoms with van der Waals surface area (Å²) in [6.07, 6.45) is 1.06. The van der Waals surface area contributed by atoms with E-state index in [0.29, 0.717) is 44.8 Å². The summed E-state index contributed by atoms with van der Waals surface area (Å²) in [5.74, 6) is -1.12. The van der Waals surface area contributed by atoms with Gasteiger partial charge in [-0.25, -0.2) is 4.79 Å². The number of alkyl halides is 3. The van der Waals surface area contributed by atoms with Crippen molar-refractivity contribution in [2.45, 2.75) is 39.2 Å². The van der Waals surface area contributed by atoms with Gasteiger partial charge in [0.25, 0.3) is 5.91 Å². The lowest BCUT2D eigenvalue weighted by Crippen LogP contribution is -2.23. The minimum atomic E-state index is -4.90. The second-order valence-electron chi connectivity index (χ2n) is 8.99. The number of allylic oxidation sites excluding steroid dienone is 4. The fourth-order valence-corrected chi connectivity index (χ4v) is 4.40. The molecule has 1 aliphatic rings. The lowest BCUT2D eigenvalue weighted by Gasteiger charge is -2.15. The highest BCUT2D eigenvalue weighted by Gasteiger charge is 2.32. The summed E-state index contributed by atoms with van der Waals surface area (Å²) in [5, 5.41) is 9.67. The van der Waals surface area contributed by atoms with E-state index in [1.807, 2.05) is 0 Å². The molecule has 1 atom stereocenters. The Balaban J connectivity index is 1.85. The molecule has 208 valence electrons. The minimum absolute atomic E-state index is 0.152. The molecule has 2 aromatic carbocycles. The van der Waals surface area contributed by atoms with Gasteiger partial charge in [-0.3, -0.25) is 9.36 Å². The number of carboxylic acid groups (broad SMARTS) is 1. The molecule has 0 saturated heterocycles. The predicted octanol–water partition coefficient (Wildman–Crippen LogP) is 6.50. The summed E-state index contributed by atoms with van der Waals surface area (Å²) in [7, 11) is 1.51. The highest BCUT2D eigenvalue weighted by molar-refractivity contribution is 6.04. The number of nitrogens with zero attached hydrogens (tertiary/aromatic N) is 1. The van der Waals surface area contributed by atoms with Crippen molar-refractivity contribution in [2.75, 3.05) is 7.11 Å². The Hall–Kier alpha value is -4.69. The van der Waals surface area contributed by atoms with Gasteiger partial charge in [0, 0.05) is 23.1 Å². The molecular formula is C30H26F3NO6. The molecule has 3 aromatic rings. The minimum Gasteiger partial charge on any atom is -0.489 e. The van der Waals surface area contributed by atoms with Crippen molar-refractivity contribution in [2.24, 2.45) is 0 Å². The molecule has 0 saturated carbocycles. The first kappa shape index (κ1) is 28.3. The van der Waals surface area contributed by atoms with Crippen LogP contribution in [0.5, 0.6) is 11.5 Å². The highest BCUT2D eigenvalue weighted by atomic mass is 19.4. The number of benzene rings is 2. The van der Waals surface area contributed by atoms with E-state index in [4.69, 9.17) is 9.47 Å². The van der Waals surface area contributed by atoms with Crippen LogP contribution in [0, 0.1) is 6.92 Å². The predicted molar refractivity (Wildman–Crippen MR) is 141 cm³/mol. The quantitative estimate of drug-likeness (QED) is 0.321. The molecule has 0 radical (unpaired) electrons. The zero-order valence-corrected chi connectivity index (χ0v) is 21.9. The van der Waals surface area contributed by atoms with Crippen LogP contribution in [0.2, 0.25) is 0 Å². The van der Waals surface area contributed by atoms with Gasteiger partial charge in [-0.2, -0.15) is 0 Å². The third-order valence-corrected chi connectivity index (χ3v) is 6.35. The fraction of sp³-hybridized carbons (Fsp3) is 0.233. The lowest BCUT2D eigenvalue weighted by molar-refractivity contribution is -0.274. The van der Waals surface area contributed by atoms with Crippen LogP contribution in [0.15, 0.2) is 83.8 Å². The van der Waals surface area contributed by atoms with Gasteiger partial charge < -0.3 is 19.3 Å². The number of ether oxygens (including phenoxy) is 3. The molecule has 7 nitrogen and oxygen atoms in total. The van der Waals surface area contributed by atoms with E-state index in [0.717, 1.165) is 6.07 Å². The zero-order valence-electron chi connectivity index (χ0n) is 21.9. The standard InChI is InChI=1S/C30H26F3NO6/c1-18-24(16-21-8-4-5-13-27(21)39-19(2)29(36)37)25-17-23(40-30(31,32)33)14-15-26(25)34(18)28(35)20-9-6-11-22(38-3)12-7-10-20/h4-9,12-15,17,19H,10,16H2,1-3H3,(H,36,37)/b12-7-,20-9+. The molecular weight excluding hydrogens is 527 g/mol. The second kappa shape index (κ2) is 11.6. The van der Waals surface area contributed by atoms with Gasteiger partial charge in [-0.05, 0) is 73.9 Å². The van der Waals surface area contributed by atoms with Crippen molar-refractivity contribution in [1.29, 1.82) is 0 Å². The molecule has 1 unspecified atom stereocenters. The summed E-state index contributed by atoms with van der Waals surface area (Å²) in [5.41, 5.74) is 5.42. The van der Waals surface area contributed by atoms with Gasteiger partial charge in [0.1, 0.15) is 11.5 Å². The van der Waals surface area contributed by atoms with Crippen molar-refractivity contribution < 1.29 is 42.1 Å². The number of halogens is 3. The van der Waals surface area contributed by atoms with E-state index in [1.165, 1.54) is 30.7 Å². The largest absolute Gasteiger partial charge is 0.573 e. The Kier molecular flexibility index (Phi) is 8.21. The number of para-hydroxylation sites is 1. The smallest absolute Gasteiger partial charge is 0.489 e. The Morgan fingerprint density at radius 2 is 1.93 bits per heavy atom. The second-order valence-corrected chi connectivity index (χ2v) is 8.99. The summed E-state index contributed by atoms with van der Waals surface area (Å²) in [4.78, 5) is 25.2. The topological polar surface area (TPSA) is 87.0 Å². The van der Waals surface area contributed by atoms with E-state index < -0.39 is 24.2 Å². The lowest BCUT2D eigenvalue weighted by atomic mass is 10.0. The van der Waals surface area contributed by atoms with Crippen LogP contribution in [0.1, 0.15) is 35.0 Å². The molecule has 4 rings (SSSR count). The van der Waals surface area contributed by atoms with Crippen molar-refractivity contribution in [3.8, 4) is 11.5 Å². The molecule has 1 N–H and O–H groups in total. The summed E-state index contributed by atoms with van der Waals surface area (Å²) < 4.78 is 55.5. The third kappa shape index (κ3) is 6.30. The fourth-order valence-electron chi connectivity index (χ4n) is 4.40. The van der Waals surface area contributed by atoms with Crippen LogP contribution < -0.4 is 9.47 Å². The number of carboxylic acids is 1. The number of methoxy groups -OCH3 is 1. The van der Waals surface area contributed by atoms with Crippen LogP contribution in [-0.4, -0.2) is 41.1 Å². The maximum atomic E-state index is 13.8.